The Morgan fingerprint density at radius 1 is 1.30 bits per heavy atom. The molecule has 0 spiro atoms. The molecule has 0 saturated carbocycles. The molecule has 0 aliphatic carbocycles. The van der Waals surface area contributed by atoms with Crippen molar-refractivity contribution in [3.63, 3.8) is 0 Å². The molecule has 6 nitrogen and oxygen atoms in total. The van der Waals surface area contributed by atoms with Gasteiger partial charge in [0.25, 0.3) is 0 Å². The van der Waals surface area contributed by atoms with E-state index in [1.807, 2.05) is 24.6 Å². The van der Waals surface area contributed by atoms with E-state index < -0.39 is 5.79 Å². The molecule has 23 heavy (non-hydrogen) atoms. The lowest BCUT2D eigenvalue weighted by Gasteiger charge is -2.24. The lowest BCUT2D eigenvalue weighted by molar-refractivity contribution is -0.196. The summed E-state index contributed by atoms with van der Waals surface area (Å²) < 4.78 is 21.1. The molecular weight excluding hydrogens is 386 g/mol. The Balaban J connectivity index is 1.81. The van der Waals surface area contributed by atoms with Crippen LogP contribution in [0.25, 0.3) is 11.0 Å². The maximum absolute atomic E-state index is 6.21. The number of nitrogens with zero attached hydrogens (tertiary/aromatic N) is 3. The first-order valence-electron chi connectivity index (χ1n) is 7.59. The molecule has 0 unspecified atom stereocenters. The second kappa shape index (κ2) is 5.39. The highest BCUT2D eigenvalue weighted by atomic mass is 79.9. The predicted octanol–water partition coefficient (Wildman–Crippen LogP) is 3.67. The van der Waals surface area contributed by atoms with Gasteiger partial charge < -0.3 is 18.8 Å². The van der Waals surface area contributed by atoms with Gasteiger partial charge in [-0.25, -0.2) is 9.97 Å². The van der Waals surface area contributed by atoms with Crippen LogP contribution in [0.4, 0.5) is 0 Å². The molecule has 4 rings (SSSR count). The van der Waals surface area contributed by atoms with E-state index in [1.165, 1.54) is 6.33 Å². The molecule has 2 aliphatic heterocycles. The largest absolute Gasteiger partial charge is 0.349 e. The summed E-state index contributed by atoms with van der Waals surface area (Å²) in [5.74, 6) is -0.613. The Labute approximate surface area is 147 Å². The van der Waals surface area contributed by atoms with Crippen molar-refractivity contribution in [3.8, 4) is 0 Å². The van der Waals surface area contributed by atoms with Crippen LogP contribution >= 0.6 is 27.5 Å². The number of ether oxygens (including phenoxy) is 3. The molecule has 4 atom stereocenters. The van der Waals surface area contributed by atoms with Crippen LogP contribution in [-0.4, -0.2) is 38.6 Å². The lowest BCUT2D eigenvalue weighted by atomic mass is 10.1. The molecule has 2 aromatic rings. The van der Waals surface area contributed by atoms with Crippen LogP contribution in [-0.2, 0) is 14.2 Å². The molecule has 2 saturated heterocycles. The number of fused-ring (bicyclic) bond motifs is 2. The van der Waals surface area contributed by atoms with E-state index in [9.17, 15) is 0 Å². The number of hydrogen-bond donors (Lipinski definition) is 0. The van der Waals surface area contributed by atoms with Crippen molar-refractivity contribution < 1.29 is 14.2 Å². The second-order valence-electron chi connectivity index (χ2n) is 6.29. The van der Waals surface area contributed by atoms with E-state index in [0.717, 1.165) is 16.3 Å². The van der Waals surface area contributed by atoms with Gasteiger partial charge in [0.15, 0.2) is 12.0 Å². The summed E-state index contributed by atoms with van der Waals surface area (Å²) in [6, 6.07) is 0. The van der Waals surface area contributed by atoms with Gasteiger partial charge in [-0.15, -0.1) is 0 Å². The minimum atomic E-state index is -0.613. The Morgan fingerprint density at radius 2 is 2.04 bits per heavy atom. The molecular formula is C15H17BrClN3O3. The smallest absolute Gasteiger partial charge is 0.164 e. The van der Waals surface area contributed by atoms with Crippen LogP contribution in [0, 0.1) is 0 Å². The number of halogens is 2. The number of rotatable bonds is 2. The summed E-state index contributed by atoms with van der Waals surface area (Å²) >= 11 is 9.73. The summed E-state index contributed by atoms with van der Waals surface area (Å²) in [6.07, 6.45) is 3.62. The van der Waals surface area contributed by atoms with Crippen molar-refractivity contribution >= 4 is 38.6 Å². The van der Waals surface area contributed by atoms with Gasteiger partial charge in [0.05, 0.1) is 11.5 Å². The van der Waals surface area contributed by atoms with Crippen LogP contribution in [0.2, 0.25) is 5.15 Å². The first-order valence-corrected chi connectivity index (χ1v) is 8.76. The number of aromatic nitrogens is 3. The van der Waals surface area contributed by atoms with Crippen molar-refractivity contribution in [1.29, 1.82) is 0 Å². The van der Waals surface area contributed by atoms with Gasteiger partial charge >= 0.3 is 0 Å². The van der Waals surface area contributed by atoms with E-state index in [4.69, 9.17) is 25.8 Å². The van der Waals surface area contributed by atoms with Crippen molar-refractivity contribution in [3.05, 3.63) is 22.1 Å². The predicted molar refractivity (Wildman–Crippen MR) is 88.3 cm³/mol. The lowest BCUT2D eigenvalue weighted by Crippen LogP contribution is -2.28. The molecule has 2 aromatic heterocycles. The van der Waals surface area contributed by atoms with Crippen molar-refractivity contribution in [2.45, 2.75) is 57.5 Å². The third-order valence-electron chi connectivity index (χ3n) is 4.32. The quantitative estimate of drug-likeness (QED) is 0.717. The van der Waals surface area contributed by atoms with Crippen LogP contribution in [0.3, 0.4) is 0 Å². The van der Waals surface area contributed by atoms with E-state index in [2.05, 4.69) is 32.8 Å². The fourth-order valence-corrected chi connectivity index (χ4v) is 4.34. The average Bonchev–Trinajstić information content (AvgIpc) is 3.08. The van der Waals surface area contributed by atoms with E-state index in [0.29, 0.717) is 10.8 Å². The van der Waals surface area contributed by atoms with Crippen LogP contribution < -0.4 is 0 Å². The molecule has 0 amide bonds. The first-order chi connectivity index (χ1) is 10.9. The molecule has 124 valence electrons. The normalized spacial score (nSPS) is 32.6. The summed E-state index contributed by atoms with van der Waals surface area (Å²) in [7, 11) is 0. The Hall–Kier alpha value is -0.730. The first kappa shape index (κ1) is 15.8. The zero-order valence-corrected chi connectivity index (χ0v) is 15.3. The fourth-order valence-electron chi connectivity index (χ4n) is 3.41. The SMILES string of the molecule is CC[C@H]1O[C@@H](n2cc(Br)c3c(Cl)ncnc32)[C@@H]2OC(C)(C)O[C@@H]21. The Kier molecular flexibility index (Phi) is 3.70. The summed E-state index contributed by atoms with van der Waals surface area (Å²) in [5, 5.41) is 1.18. The average molecular weight is 403 g/mol. The van der Waals surface area contributed by atoms with E-state index in [1.54, 1.807) is 0 Å². The summed E-state index contributed by atoms with van der Waals surface area (Å²) in [6.45, 7) is 5.94. The third-order valence-corrected chi connectivity index (χ3v) is 5.21. The van der Waals surface area contributed by atoms with Gasteiger partial charge in [0.1, 0.15) is 29.3 Å². The standard InChI is InChI=1S/C15H17BrClN3O3/c1-4-8-10-11(23-15(2,3)22-10)14(21-8)20-5-7(16)9-12(17)18-6-19-13(9)20/h5-6,8,10-11,14H,4H2,1-3H3/t8-,10-,11-,14-/m1/s1. The maximum Gasteiger partial charge on any atom is 0.164 e. The molecule has 0 bridgehead atoms. The van der Waals surface area contributed by atoms with Crippen LogP contribution in [0.1, 0.15) is 33.4 Å². The highest BCUT2D eigenvalue weighted by Crippen LogP contribution is 2.45. The van der Waals surface area contributed by atoms with Gasteiger partial charge in [-0.1, -0.05) is 18.5 Å². The van der Waals surface area contributed by atoms with Gasteiger partial charge in [0.2, 0.25) is 0 Å². The topological polar surface area (TPSA) is 58.4 Å². The van der Waals surface area contributed by atoms with Gasteiger partial charge in [-0.3, -0.25) is 0 Å². The fraction of sp³-hybridized carbons (Fsp3) is 0.600. The highest BCUT2D eigenvalue weighted by molar-refractivity contribution is 9.10. The van der Waals surface area contributed by atoms with Gasteiger partial charge in [0, 0.05) is 10.7 Å². The molecule has 4 heterocycles. The molecule has 0 N–H and O–H groups in total. The molecule has 0 radical (unpaired) electrons. The van der Waals surface area contributed by atoms with Crippen LogP contribution in [0.15, 0.2) is 17.0 Å². The zero-order valence-electron chi connectivity index (χ0n) is 13.0. The minimum Gasteiger partial charge on any atom is -0.349 e. The molecule has 8 heteroatoms. The van der Waals surface area contributed by atoms with Crippen molar-refractivity contribution in [2.24, 2.45) is 0 Å². The maximum atomic E-state index is 6.21. The van der Waals surface area contributed by atoms with Gasteiger partial charge in [-0.2, -0.15) is 0 Å². The van der Waals surface area contributed by atoms with Gasteiger partial charge in [-0.05, 0) is 36.2 Å². The zero-order chi connectivity index (χ0) is 16.4. The summed E-state index contributed by atoms with van der Waals surface area (Å²) in [5.41, 5.74) is 0.714. The molecule has 0 aromatic carbocycles. The Morgan fingerprint density at radius 3 is 2.78 bits per heavy atom. The second-order valence-corrected chi connectivity index (χ2v) is 7.50. The molecule has 2 fully saturated rings. The monoisotopic (exact) mass is 401 g/mol. The highest BCUT2D eigenvalue weighted by Gasteiger charge is 2.55. The number of hydrogen-bond acceptors (Lipinski definition) is 5. The molecule has 2 aliphatic rings. The van der Waals surface area contributed by atoms with Crippen molar-refractivity contribution in [2.75, 3.05) is 0 Å². The van der Waals surface area contributed by atoms with Crippen molar-refractivity contribution in [1.82, 2.24) is 14.5 Å². The van der Waals surface area contributed by atoms with E-state index >= 15 is 0 Å². The Bertz CT molecular complexity index is 766. The minimum absolute atomic E-state index is 0.0136. The van der Waals surface area contributed by atoms with Crippen LogP contribution in [0.5, 0.6) is 0 Å². The summed E-state index contributed by atoms with van der Waals surface area (Å²) in [4.78, 5) is 8.41. The third kappa shape index (κ3) is 2.41. The van der Waals surface area contributed by atoms with E-state index in [-0.39, 0.29) is 24.5 Å².